The maximum atomic E-state index is 11.9. The van der Waals surface area contributed by atoms with Crippen LogP contribution in [-0.2, 0) is 10.0 Å². The fourth-order valence-electron chi connectivity index (χ4n) is 1.53. The van der Waals surface area contributed by atoms with E-state index in [1.165, 1.54) is 18.3 Å². The van der Waals surface area contributed by atoms with Gasteiger partial charge in [0.2, 0.25) is 0 Å². The fourth-order valence-corrected chi connectivity index (χ4v) is 2.52. The van der Waals surface area contributed by atoms with E-state index < -0.39 is 10.0 Å². The van der Waals surface area contributed by atoms with Gasteiger partial charge in [-0.1, -0.05) is 41.4 Å². The summed E-state index contributed by atoms with van der Waals surface area (Å²) in [7, 11) is -3.64. The first kappa shape index (κ1) is 14.6. The van der Waals surface area contributed by atoms with Crippen molar-refractivity contribution < 1.29 is 8.42 Å². The molecule has 1 N–H and O–H groups in total. The molecule has 104 valence electrons. The molecular formula is C14H13ClN2O2S. The van der Waals surface area contributed by atoms with Gasteiger partial charge < -0.3 is 0 Å². The number of hydrazone groups is 1. The van der Waals surface area contributed by atoms with E-state index in [1.54, 1.807) is 36.4 Å². The number of hydrogen-bond donors (Lipinski definition) is 1. The Balaban J connectivity index is 2.11. The lowest BCUT2D eigenvalue weighted by Gasteiger charge is -2.03. The van der Waals surface area contributed by atoms with Gasteiger partial charge in [0.25, 0.3) is 10.0 Å². The highest BCUT2D eigenvalue weighted by Gasteiger charge is 2.11. The van der Waals surface area contributed by atoms with Gasteiger partial charge in [-0.3, -0.25) is 0 Å². The summed E-state index contributed by atoms with van der Waals surface area (Å²) >= 11 is 5.82. The van der Waals surface area contributed by atoms with Crippen LogP contribution in [-0.4, -0.2) is 14.6 Å². The molecule has 2 rings (SSSR count). The van der Waals surface area contributed by atoms with E-state index in [4.69, 9.17) is 11.6 Å². The van der Waals surface area contributed by atoms with Crippen molar-refractivity contribution in [2.75, 3.05) is 0 Å². The molecule has 0 aromatic heterocycles. The third-order valence-electron chi connectivity index (χ3n) is 2.57. The van der Waals surface area contributed by atoms with Gasteiger partial charge in [-0.25, -0.2) is 4.83 Å². The number of aryl methyl sites for hydroxylation is 1. The summed E-state index contributed by atoms with van der Waals surface area (Å²) in [6, 6.07) is 13.5. The molecule has 0 saturated heterocycles. The van der Waals surface area contributed by atoms with Gasteiger partial charge in [-0.2, -0.15) is 13.5 Å². The van der Waals surface area contributed by atoms with Crippen LogP contribution in [0.1, 0.15) is 11.1 Å². The second kappa shape index (κ2) is 6.07. The van der Waals surface area contributed by atoms with E-state index in [2.05, 4.69) is 9.93 Å². The summed E-state index contributed by atoms with van der Waals surface area (Å²) in [5.74, 6) is 0. The molecule has 0 heterocycles. The van der Waals surface area contributed by atoms with Crippen molar-refractivity contribution in [3.63, 3.8) is 0 Å². The minimum absolute atomic E-state index is 0.173. The van der Waals surface area contributed by atoms with Crippen molar-refractivity contribution in [2.24, 2.45) is 5.10 Å². The molecule has 0 aliphatic rings. The SMILES string of the molecule is Cc1ccc(S(=O)(=O)N/N=C\c2cccc(Cl)c2)cc1. The number of halogens is 1. The Morgan fingerprint density at radius 3 is 2.50 bits per heavy atom. The van der Waals surface area contributed by atoms with Crippen molar-refractivity contribution in [3.05, 3.63) is 64.7 Å². The molecule has 0 saturated carbocycles. The van der Waals surface area contributed by atoms with Gasteiger partial charge >= 0.3 is 0 Å². The molecule has 0 aliphatic carbocycles. The highest BCUT2D eigenvalue weighted by atomic mass is 35.5. The van der Waals surface area contributed by atoms with Gasteiger partial charge in [-0.15, -0.1) is 0 Å². The molecule has 0 unspecified atom stereocenters. The summed E-state index contributed by atoms with van der Waals surface area (Å²) in [5.41, 5.74) is 1.70. The third-order valence-corrected chi connectivity index (χ3v) is 4.04. The van der Waals surface area contributed by atoms with Gasteiger partial charge in [0.15, 0.2) is 0 Å². The first-order chi connectivity index (χ1) is 9.47. The monoisotopic (exact) mass is 308 g/mol. The Morgan fingerprint density at radius 2 is 1.85 bits per heavy atom. The molecule has 6 heteroatoms. The molecule has 0 bridgehead atoms. The molecule has 0 spiro atoms. The van der Waals surface area contributed by atoms with Crippen LogP contribution in [0.5, 0.6) is 0 Å². The zero-order chi connectivity index (χ0) is 14.6. The highest BCUT2D eigenvalue weighted by molar-refractivity contribution is 7.89. The van der Waals surface area contributed by atoms with Gasteiger partial charge in [0, 0.05) is 5.02 Å². The number of rotatable bonds is 4. The Morgan fingerprint density at radius 1 is 1.15 bits per heavy atom. The standard InChI is InChI=1S/C14H13ClN2O2S/c1-11-5-7-14(8-6-11)20(18,19)17-16-10-12-3-2-4-13(15)9-12/h2-10,17H,1H3/b16-10-. The smallest absolute Gasteiger partial charge is 0.200 e. The van der Waals surface area contributed by atoms with E-state index in [9.17, 15) is 8.42 Å². The lowest BCUT2D eigenvalue weighted by Crippen LogP contribution is -2.18. The Kier molecular flexibility index (Phi) is 4.42. The zero-order valence-corrected chi connectivity index (χ0v) is 12.3. The van der Waals surface area contributed by atoms with Crippen LogP contribution in [0.4, 0.5) is 0 Å². The van der Waals surface area contributed by atoms with Crippen LogP contribution in [0.2, 0.25) is 5.02 Å². The molecule has 0 atom stereocenters. The maximum absolute atomic E-state index is 11.9. The van der Waals surface area contributed by atoms with Crippen LogP contribution in [0, 0.1) is 6.92 Å². The Hall–Kier alpha value is -1.85. The van der Waals surface area contributed by atoms with E-state index in [0.29, 0.717) is 10.6 Å². The van der Waals surface area contributed by atoms with Crippen molar-refractivity contribution in [2.45, 2.75) is 11.8 Å². The van der Waals surface area contributed by atoms with E-state index >= 15 is 0 Å². The van der Waals surface area contributed by atoms with Crippen molar-refractivity contribution in [1.29, 1.82) is 0 Å². The van der Waals surface area contributed by atoms with E-state index in [1.807, 2.05) is 6.92 Å². The van der Waals surface area contributed by atoms with Gasteiger partial charge in [0.1, 0.15) is 0 Å². The van der Waals surface area contributed by atoms with Crippen molar-refractivity contribution in [1.82, 2.24) is 4.83 Å². The molecule has 0 radical (unpaired) electrons. The number of benzene rings is 2. The zero-order valence-electron chi connectivity index (χ0n) is 10.7. The minimum Gasteiger partial charge on any atom is -0.200 e. The molecule has 2 aromatic carbocycles. The van der Waals surface area contributed by atoms with E-state index in [0.717, 1.165) is 5.56 Å². The predicted molar refractivity (Wildman–Crippen MR) is 80.5 cm³/mol. The molecular weight excluding hydrogens is 296 g/mol. The molecule has 0 amide bonds. The summed E-state index contributed by atoms with van der Waals surface area (Å²) in [6.45, 7) is 1.89. The lowest BCUT2D eigenvalue weighted by molar-refractivity contribution is 0.584. The predicted octanol–water partition coefficient (Wildman–Crippen LogP) is 2.96. The summed E-state index contributed by atoms with van der Waals surface area (Å²) in [6.07, 6.45) is 1.40. The van der Waals surface area contributed by atoms with Crippen LogP contribution in [0.25, 0.3) is 0 Å². The van der Waals surface area contributed by atoms with Crippen molar-refractivity contribution in [3.8, 4) is 0 Å². The van der Waals surface area contributed by atoms with Crippen molar-refractivity contribution >= 4 is 27.8 Å². The molecule has 20 heavy (non-hydrogen) atoms. The Labute approximate surface area is 123 Å². The number of nitrogens with one attached hydrogen (secondary N) is 1. The maximum Gasteiger partial charge on any atom is 0.276 e. The number of nitrogens with zero attached hydrogens (tertiary/aromatic N) is 1. The van der Waals surface area contributed by atoms with Crippen LogP contribution in [0.15, 0.2) is 58.5 Å². The topological polar surface area (TPSA) is 58.5 Å². The largest absolute Gasteiger partial charge is 0.276 e. The van der Waals surface area contributed by atoms with Gasteiger partial charge in [0.05, 0.1) is 11.1 Å². The summed E-state index contributed by atoms with van der Waals surface area (Å²) in [5, 5.41) is 4.30. The van der Waals surface area contributed by atoms with Crippen LogP contribution < -0.4 is 4.83 Å². The lowest BCUT2D eigenvalue weighted by atomic mass is 10.2. The average Bonchev–Trinajstić information content (AvgIpc) is 2.39. The second-order valence-electron chi connectivity index (χ2n) is 4.22. The normalized spacial score (nSPS) is 11.7. The first-order valence-electron chi connectivity index (χ1n) is 5.84. The molecule has 0 aliphatic heterocycles. The average molecular weight is 309 g/mol. The van der Waals surface area contributed by atoms with E-state index in [-0.39, 0.29) is 4.90 Å². The van der Waals surface area contributed by atoms with Gasteiger partial charge in [-0.05, 0) is 36.8 Å². The number of sulfonamides is 1. The quantitative estimate of drug-likeness (QED) is 0.697. The highest BCUT2D eigenvalue weighted by Crippen LogP contribution is 2.10. The molecule has 0 fully saturated rings. The third kappa shape index (κ3) is 3.82. The molecule has 2 aromatic rings. The van der Waals surface area contributed by atoms with Crippen LogP contribution in [0.3, 0.4) is 0 Å². The summed E-state index contributed by atoms with van der Waals surface area (Å²) in [4.78, 5) is 2.33. The minimum atomic E-state index is -3.64. The first-order valence-corrected chi connectivity index (χ1v) is 7.70. The van der Waals surface area contributed by atoms with Crippen LogP contribution >= 0.6 is 11.6 Å². The summed E-state index contributed by atoms with van der Waals surface area (Å²) < 4.78 is 23.9. The molecule has 4 nitrogen and oxygen atoms in total. The number of hydrogen-bond acceptors (Lipinski definition) is 3. The second-order valence-corrected chi connectivity index (χ2v) is 6.32. The fraction of sp³-hybridized carbons (Fsp3) is 0.0714. The Bertz CT molecular complexity index is 725.